The van der Waals surface area contributed by atoms with Crippen molar-refractivity contribution in [3.05, 3.63) is 52.0 Å². The van der Waals surface area contributed by atoms with E-state index < -0.39 is 23.4 Å². The highest BCUT2D eigenvalue weighted by molar-refractivity contribution is 7.09. The second-order valence-corrected chi connectivity index (χ2v) is 8.32. The molecule has 0 radical (unpaired) electrons. The lowest BCUT2D eigenvalue weighted by Crippen LogP contribution is -2.49. The third-order valence-electron chi connectivity index (χ3n) is 4.66. The van der Waals surface area contributed by atoms with Gasteiger partial charge in [-0.15, -0.1) is 11.3 Å². The first-order chi connectivity index (χ1) is 13.3. The fourth-order valence-electron chi connectivity index (χ4n) is 2.99. The van der Waals surface area contributed by atoms with E-state index in [0.29, 0.717) is 18.5 Å². The molecule has 1 aromatic carbocycles. The number of aromatic nitrogens is 1. The van der Waals surface area contributed by atoms with Crippen molar-refractivity contribution in [3.63, 3.8) is 0 Å². The van der Waals surface area contributed by atoms with Crippen molar-refractivity contribution < 1.29 is 14.4 Å². The zero-order chi connectivity index (χ0) is 20.3. The molecule has 0 bridgehead atoms. The Kier molecular flexibility index (Phi) is 5.79. The molecule has 0 saturated carbocycles. The van der Waals surface area contributed by atoms with Crippen LogP contribution in [0.2, 0.25) is 0 Å². The quantitative estimate of drug-likeness (QED) is 0.699. The zero-order valence-corrected chi connectivity index (χ0v) is 17.0. The summed E-state index contributed by atoms with van der Waals surface area (Å²) in [7, 11) is 0. The number of carbonyl (C=O) groups excluding carboxylic acids is 3. The number of hydrogen-bond acceptors (Lipinski definition) is 5. The summed E-state index contributed by atoms with van der Waals surface area (Å²) in [4.78, 5) is 41.7. The lowest BCUT2D eigenvalue weighted by molar-refractivity contribution is -0.138. The summed E-state index contributed by atoms with van der Waals surface area (Å²) in [6.45, 7) is 5.75. The Balaban J connectivity index is 1.60. The SMILES string of the molecule is CC(C)c1nc(CC(=O)NN2C(=O)NC(C)(CCc3ccccc3)C2=O)cs1. The molecule has 0 aliphatic carbocycles. The Bertz CT molecular complexity index is 881. The van der Waals surface area contributed by atoms with Crippen molar-refractivity contribution in [2.75, 3.05) is 0 Å². The summed E-state index contributed by atoms with van der Waals surface area (Å²) in [5.74, 6) is -0.614. The van der Waals surface area contributed by atoms with Crippen molar-refractivity contribution in [2.24, 2.45) is 0 Å². The Labute approximate surface area is 168 Å². The molecule has 4 amide bonds. The van der Waals surface area contributed by atoms with E-state index in [2.05, 4.69) is 15.7 Å². The molecule has 0 spiro atoms. The van der Waals surface area contributed by atoms with Crippen molar-refractivity contribution in [3.8, 4) is 0 Å². The first-order valence-electron chi connectivity index (χ1n) is 9.23. The summed E-state index contributed by atoms with van der Waals surface area (Å²) < 4.78 is 0. The van der Waals surface area contributed by atoms with Gasteiger partial charge in [0.1, 0.15) is 5.54 Å². The number of amides is 4. The van der Waals surface area contributed by atoms with Gasteiger partial charge in [0.25, 0.3) is 5.91 Å². The van der Waals surface area contributed by atoms with Gasteiger partial charge < -0.3 is 5.32 Å². The maximum Gasteiger partial charge on any atom is 0.344 e. The molecule has 8 heteroatoms. The third kappa shape index (κ3) is 4.39. The van der Waals surface area contributed by atoms with Gasteiger partial charge in [-0.2, -0.15) is 5.01 Å². The number of rotatable bonds is 7. The molecule has 1 aliphatic rings. The maximum atomic E-state index is 12.8. The number of imide groups is 1. The lowest BCUT2D eigenvalue weighted by Gasteiger charge is -2.21. The fourth-order valence-corrected chi connectivity index (χ4v) is 3.83. The van der Waals surface area contributed by atoms with Gasteiger partial charge in [-0.1, -0.05) is 44.2 Å². The molecule has 1 unspecified atom stereocenters. The van der Waals surface area contributed by atoms with E-state index in [9.17, 15) is 14.4 Å². The Morgan fingerprint density at radius 2 is 2.00 bits per heavy atom. The van der Waals surface area contributed by atoms with Crippen LogP contribution in [0.5, 0.6) is 0 Å². The standard InChI is InChI=1S/C20H24N4O3S/c1-13(2)17-21-15(12-28-17)11-16(25)23-24-18(26)20(3,22-19(24)27)10-9-14-7-5-4-6-8-14/h4-8,12-13H,9-11H2,1-3H3,(H,22,27)(H,23,25). The first-order valence-corrected chi connectivity index (χ1v) is 10.1. The van der Waals surface area contributed by atoms with E-state index in [1.807, 2.05) is 49.6 Å². The summed E-state index contributed by atoms with van der Waals surface area (Å²) >= 11 is 1.50. The average molecular weight is 401 g/mol. The molecule has 7 nitrogen and oxygen atoms in total. The van der Waals surface area contributed by atoms with Gasteiger partial charge in [0, 0.05) is 11.3 Å². The van der Waals surface area contributed by atoms with Crippen LogP contribution in [-0.4, -0.2) is 33.4 Å². The van der Waals surface area contributed by atoms with Crippen molar-refractivity contribution >= 4 is 29.2 Å². The summed E-state index contributed by atoms with van der Waals surface area (Å²) in [6, 6.07) is 9.13. The van der Waals surface area contributed by atoms with Gasteiger partial charge in [0.05, 0.1) is 17.1 Å². The van der Waals surface area contributed by atoms with Crippen molar-refractivity contribution in [1.82, 2.24) is 20.7 Å². The zero-order valence-electron chi connectivity index (χ0n) is 16.2. The predicted molar refractivity (Wildman–Crippen MR) is 107 cm³/mol. The summed E-state index contributed by atoms with van der Waals surface area (Å²) in [5.41, 5.74) is 3.08. The molecule has 28 heavy (non-hydrogen) atoms. The number of hydrogen-bond donors (Lipinski definition) is 2. The molecule has 1 aromatic heterocycles. The van der Waals surface area contributed by atoms with Crippen LogP contribution >= 0.6 is 11.3 Å². The number of aryl methyl sites for hydroxylation is 1. The van der Waals surface area contributed by atoms with Crippen LogP contribution in [0.15, 0.2) is 35.7 Å². The minimum atomic E-state index is -1.05. The monoisotopic (exact) mass is 400 g/mol. The second kappa shape index (κ2) is 8.10. The van der Waals surface area contributed by atoms with Gasteiger partial charge in [0.2, 0.25) is 5.91 Å². The number of nitrogens with zero attached hydrogens (tertiary/aromatic N) is 2. The first kappa shape index (κ1) is 20.0. The van der Waals surface area contributed by atoms with Crippen LogP contribution in [0.25, 0.3) is 0 Å². The average Bonchev–Trinajstić information content (AvgIpc) is 3.20. The minimum absolute atomic E-state index is 0.0149. The van der Waals surface area contributed by atoms with Crippen LogP contribution < -0.4 is 10.7 Å². The molecule has 2 N–H and O–H groups in total. The minimum Gasteiger partial charge on any atom is -0.322 e. The Morgan fingerprint density at radius 3 is 2.64 bits per heavy atom. The highest BCUT2D eigenvalue weighted by Gasteiger charge is 2.48. The maximum absolute atomic E-state index is 12.8. The molecule has 1 atom stereocenters. The van der Waals surface area contributed by atoms with E-state index in [1.165, 1.54) is 11.3 Å². The third-order valence-corrected chi connectivity index (χ3v) is 5.85. The Hall–Kier alpha value is -2.74. The van der Waals surface area contributed by atoms with Crippen LogP contribution in [-0.2, 0) is 22.4 Å². The highest BCUT2D eigenvalue weighted by Crippen LogP contribution is 2.23. The second-order valence-electron chi connectivity index (χ2n) is 7.43. The molecule has 2 heterocycles. The van der Waals surface area contributed by atoms with Crippen molar-refractivity contribution in [1.29, 1.82) is 0 Å². The lowest BCUT2D eigenvalue weighted by atomic mass is 9.93. The summed E-state index contributed by atoms with van der Waals surface area (Å²) in [5, 5.41) is 6.25. The number of urea groups is 1. The van der Waals surface area contributed by atoms with Crippen molar-refractivity contribution in [2.45, 2.75) is 51.5 Å². The number of carbonyl (C=O) groups is 3. The van der Waals surface area contributed by atoms with E-state index in [4.69, 9.17) is 0 Å². The smallest absolute Gasteiger partial charge is 0.322 e. The van der Waals surface area contributed by atoms with Crippen LogP contribution in [0, 0.1) is 0 Å². The Morgan fingerprint density at radius 1 is 1.29 bits per heavy atom. The van der Waals surface area contributed by atoms with E-state index in [1.54, 1.807) is 6.92 Å². The topological polar surface area (TPSA) is 91.4 Å². The predicted octanol–water partition coefficient (Wildman–Crippen LogP) is 2.78. The van der Waals surface area contributed by atoms with Gasteiger partial charge in [-0.3, -0.25) is 15.0 Å². The highest BCUT2D eigenvalue weighted by atomic mass is 32.1. The van der Waals surface area contributed by atoms with Crippen LogP contribution in [0.1, 0.15) is 49.4 Å². The van der Waals surface area contributed by atoms with Crippen LogP contribution in [0.3, 0.4) is 0 Å². The molecule has 148 valence electrons. The van der Waals surface area contributed by atoms with Gasteiger partial charge in [-0.05, 0) is 25.3 Å². The van der Waals surface area contributed by atoms with E-state index in [0.717, 1.165) is 15.6 Å². The molecule has 1 saturated heterocycles. The molecule has 2 aromatic rings. The number of hydrazine groups is 1. The molecule has 1 aliphatic heterocycles. The van der Waals surface area contributed by atoms with Gasteiger partial charge in [-0.25, -0.2) is 9.78 Å². The van der Waals surface area contributed by atoms with Gasteiger partial charge >= 0.3 is 6.03 Å². The largest absolute Gasteiger partial charge is 0.344 e. The van der Waals surface area contributed by atoms with E-state index >= 15 is 0 Å². The molecule has 3 rings (SSSR count). The summed E-state index contributed by atoms with van der Waals surface area (Å²) in [6.07, 6.45) is 1.10. The number of benzene rings is 1. The van der Waals surface area contributed by atoms with Gasteiger partial charge in [0.15, 0.2) is 0 Å². The van der Waals surface area contributed by atoms with Crippen LogP contribution in [0.4, 0.5) is 4.79 Å². The molecule has 1 fully saturated rings. The van der Waals surface area contributed by atoms with E-state index in [-0.39, 0.29) is 12.3 Å². The molecular formula is C20H24N4O3S. The normalized spacial score (nSPS) is 19.2. The number of thiazole rings is 1. The molecular weight excluding hydrogens is 376 g/mol. The fraction of sp³-hybridized carbons (Fsp3) is 0.400. The number of nitrogens with one attached hydrogen (secondary N) is 2.